The summed E-state index contributed by atoms with van der Waals surface area (Å²) in [4.78, 5) is 25.3. The van der Waals surface area contributed by atoms with Gasteiger partial charge >= 0.3 is 5.97 Å². The first-order valence-electron chi connectivity index (χ1n) is 9.47. The van der Waals surface area contributed by atoms with Crippen molar-refractivity contribution >= 4 is 21.9 Å². The van der Waals surface area contributed by atoms with E-state index < -0.39 is 16.0 Å². The van der Waals surface area contributed by atoms with Crippen LogP contribution in [0, 0.1) is 5.92 Å². The molecule has 148 valence electrons. The SMILES string of the molecule is O=C(O)C1CCN(C(=O)CCc2ccc(S(=O)(=O)N3CCCC3)cc2)CC1. The molecule has 0 bridgehead atoms. The largest absolute Gasteiger partial charge is 0.481 e. The van der Waals surface area contributed by atoms with Gasteiger partial charge in [0.1, 0.15) is 0 Å². The number of piperidine rings is 1. The molecule has 0 radical (unpaired) electrons. The third kappa shape index (κ3) is 4.68. The molecule has 1 N–H and O–H groups in total. The van der Waals surface area contributed by atoms with Gasteiger partial charge in [-0.15, -0.1) is 0 Å². The summed E-state index contributed by atoms with van der Waals surface area (Å²) in [5.74, 6) is -1.11. The Morgan fingerprint density at radius 2 is 1.59 bits per heavy atom. The van der Waals surface area contributed by atoms with Gasteiger partial charge in [0.2, 0.25) is 15.9 Å². The normalized spacial score (nSPS) is 19.3. The predicted molar refractivity (Wildman–Crippen MR) is 99.7 cm³/mol. The lowest BCUT2D eigenvalue weighted by Crippen LogP contribution is -2.40. The molecule has 2 aliphatic heterocycles. The minimum Gasteiger partial charge on any atom is -0.481 e. The van der Waals surface area contributed by atoms with Crippen molar-refractivity contribution in [2.45, 2.75) is 43.4 Å². The fraction of sp³-hybridized carbons (Fsp3) is 0.579. The molecule has 2 heterocycles. The van der Waals surface area contributed by atoms with Gasteiger partial charge < -0.3 is 10.0 Å². The van der Waals surface area contributed by atoms with Crippen molar-refractivity contribution in [3.8, 4) is 0 Å². The molecule has 0 aliphatic carbocycles. The highest BCUT2D eigenvalue weighted by molar-refractivity contribution is 7.89. The van der Waals surface area contributed by atoms with Crippen molar-refractivity contribution in [1.82, 2.24) is 9.21 Å². The molecule has 0 unspecified atom stereocenters. The number of hydrogen-bond acceptors (Lipinski definition) is 4. The lowest BCUT2D eigenvalue weighted by molar-refractivity contribution is -0.145. The van der Waals surface area contributed by atoms with Crippen LogP contribution >= 0.6 is 0 Å². The minimum atomic E-state index is -3.41. The highest BCUT2D eigenvalue weighted by atomic mass is 32.2. The molecule has 1 aromatic rings. The molecular weight excluding hydrogens is 368 g/mol. The molecule has 8 heteroatoms. The maximum Gasteiger partial charge on any atom is 0.306 e. The molecule has 2 saturated heterocycles. The van der Waals surface area contributed by atoms with E-state index in [1.807, 2.05) is 0 Å². The molecule has 1 aromatic carbocycles. The number of carboxylic acid groups (broad SMARTS) is 1. The quantitative estimate of drug-likeness (QED) is 0.793. The molecule has 0 aromatic heterocycles. The Kier molecular flexibility index (Phi) is 6.16. The summed E-state index contributed by atoms with van der Waals surface area (Å²) >= 11 is 0. The third-order valence-electron chi connectivity index (χ3n) is 5.45. The average molecular weight is 394 g/mol. The number of aryl methyl sites for hydroxylation is 1. The van der Waals surface area contributed by atoms with Gasteiger partial charge in [0.05, 0.1) is 10.8 Å². The number of carbonyl (C=O) groups excluding carboxylic acids is 1. The van der Waals surface area contributed by atoms with Crippen molar-refractivity contribution in [3.05, 3.63) is 29.8 Å². The van der Waals surface area contributed by atoms with Crippen LogP contribution in [0.1, 0.15) is 37.7 Å². The Hall–Kier alpha value is -1.93. The van der Waals surface area contributed by atoms with E-state index in [4.69, 9.17) is 5.11 Å². The zero-order valence-electron chi connectivity index (χ0n) is 15.3. The first-order valence-corrected chi connectivity index (χ1v) is 10.9. The average Bonchev–Trinajstić information content (AvgIpc) is 3.22. The van der Waals surface area contributed by atoms with Crippen LogP contribution in [0.5, 0.6) is 0 Å². The third-order valence-corrected chi connectivity index (χ3v) is 7.36. The second kappa shape index (κ2) is 8.39. The van der Waals surface area contributed by atoms with Gasteiger partial charge in [-0.3, -0.25) is 9.59 Å². The summed E-state index contributed by atoms with van der Waals surface area (Å²) in [7, 11) is -3.41. The van der Waals surface area contributed by atoms with E-state index in [-0.39, 0.29) is 11.8 Å². The molecule has 27 heavy (non-hydrogen) atoms. The van der Waals surface area contributed by atoms with Crippen LogP contribution < -0.4 is 0 Å². The minimum absolute atomic E-state index is 0.0209. The van der Waals surface area contributed by atoms with Crippen LogP contribution in [0.3, 0.4) is 0 Å². The first-order chi connectivity index (χ1) is 12.9. The second-order valence-corrected chi connectivity index (χ2v) is 9.19. The predicted octanol–water partition coefficient (Wildman–Crippen LogP) is 1.73. The monoisotopic (exact) mass is 394 g/mol. The Labute approximate surface area is 160 Å². The molecule has 0 saturated carbocycles. The number of carboxylic acids is 1. The molecule has 3 rings (SSSR count). The highest BCUT2D eigenvalue weighted by Gasteiger charge is 2.28. The van der Waals surface area contributed by atoms with Gasteiger partial charge in [-0.05, 0) is 49.8 Å². The molecule has 2 fully saturated rings. The van der Waals surface area contributed by atoms with E-state index >= 15 is 0 Å². The van der Waals surface area contributed by atoms with Gasteiger partial charge in [0, 0.05) is 32.6 Å². The maximum atomic E-state index is 12.5. The number of sulfonamides is 1. The Balaban J connectivity index is 1.51. The van der Waals surface area contributed by atoms with Crippen molar-refractivity contribution in [2.24, 2.45) is 5.92 Å². The van der Waals surface area contributed by atoms with Crippen LogP contribution in [-0.2, 0) is 26.0 Å². The van der Waals surface area contributed by atoms with Crippen LogP contribution in [0.2, 0.25) is 0 Å². The number of hydrogen-bond donors (Lipinski definition) is 1. The fourth-order valence-corrected chi connectivity index (χ4v) is 5.21. The van der Waals surface area contributed by atoms with Gasteiger partial charge in [-0.1, -0.05) is 12.1 Å². The lowest BCUT2D eigenvalue weighted by atomic mass is 9.96. The fourth-order valence-electron chi connectivity index (χ4n) is 3.69. The molecular formula is C19H26N2O5S. The maximum absolute atomic E-state index is 12.5. The number of rotatable bonds is 6. The second-order valence-electron chi connectivity index (χ2n) is 7.25. The summed E-state index contributed by atoms with van der Waals surface area (Å²) in [5, 5.41) is 9.01. The number of likely N-dealkylation sites (tertiary alicyclic amines) is 1. The summed E-state index contributed by atoms with van der Waals surface area (Å²) < 4.78 is 26.6. The van der Waals surface area contributed by atoms with E-state index in [0.717, 1.165) is 18.4 Å². The van der Waals surface area contributed by atoms with Crippen molar-refractivity contribution in [1.29, 1.82) is 0 Å². The topological polar surface area (TPSA) is 95.0 Å². The van der Waals surface area contributed by atoms with Crippen LogP contribution in [0.4, 0.5) is 0 Å². The van der Waals surface area contributed by atoms with Crippen molar-refractivity contribution in [3.63, 3.8) is 0 Å². The van der Waals surface area contributed by atoms with Crippen LogP contribution in [0.25, 0.3) is 0 Å². The highest BCUT2D eigenvalue weighted by Crippen LogP contribution is 2.22. The van der Waals surface area contributed by atoms with Gasteiger partial charge in [0.25, 0.3) is 0 Å². The molecule has 0 atom stereocenters. The summed E-state index contributed by atoms with van der Waals surface area (Å²) in [6, 6.07) is 6.78. The van der Waals surface area contributed by atoms with E-state index in [2.05, 4.69) is 0 Å². The number of nitrogens with zero attached hydrogens (tertiary/aromatic N) is 2. The smallest absolute Gasteiger partial charge is 0.306 e. The Morgan fingerprint density at radius 3 is 2.15 bits per heavy atom. The van der Waals surface area contributed by atoms with Gasteiger partial charge in [-0.2, -0.15) is 4.31 Å². The number of benzene rings is 1. The summed E-state index contributed by atoms with van der Waals surface area (Å²) in [6.07, 6.45) is 3.71. The van der Waals surface area contributed by atoms with Gasteiger partial charge in [-0.25, -0.2) is 8.42 Å². The van der Waals surface area contributed by atoms with E-state index in [1.54, 1.807) is 29.2 Å². The van der Waals surface area contributed by atoms with E-state index in [9.17, 15) is 18.0 Å². The molecule has 2 aliphatic rings. The zero-order chi connectivity index (χ0) is 19.4. The zero-order valence-corrected chi connectivity index (χ0v) is 16.2. The number of carbonyl (C=O) groups is 2. The van der Waals surface area contributed by atoms with Crippen LogP contribution in [0.15, 0.2) is 29.2 Å². The standard InChI is InChI=1S/C19H26N2O5S/c22-18(20-13-9-16(10-14-20)19(23)24)8-5-15-3-6-17(7-4-15)27(25,26)21-11-1-2-12-21/h3-4,6-7,16H,1-2,5,8-14H2,(H,23,24). The van der Waals surface area contributed by atoms with E-state index in [1.165, 1.54) is 4.31 Å². The number of aliphatic carboxylic acids is 1. The first kappa shape index (κ1) is 19.8. The molecule has 7 nitrogen and oxygen atoms in total. The van der Waals surface area contributed by atoms with E-state index in [0.29, 0.717) is 56.8 Å². The molecule has 0 spiro atoms. The summed E-state index contributed by atoms with van der Waals surface area (Å²) in [5.41, 5.74) is 0.921. The Morgan fingerprint density at radius 1 is 1.00 bits per heavy atom. The van der Waals surface area contributed by atoms with Crippen LogP contribution in [-0.4, -0.2) is 60.8 Å². The Bertz CT molecular complexity index is 777. The van der Waals surface area contributed by atoms with Crippen molar-refractivity contribution in [2.75, 3.05) is 26.2 Å². The number of amides is 1. The lowest BCUT2D eigenvalue weighted by Gasteiger charge is -2.30. The summed E-state index contributed by atoms with van der Waals surface area (Å²) in [6.45, 7) is 2.14. The van der Waals surface area contributed by atoms with Gasteiger partial charge in [0.15, 0.2) is 0 Å². The van der Waals surface area contributed by atoms with Crippen molar-refractivity contribution < 1.29 is 23.1 Å². The molecule has 1 amide bonds.